The molecule has 0 aliphatic carbocycles. The monoisotopic (exact) mass is 251 g/mol. The van der Waals surface area contributed by atoms with Crippen molar-refractivity contribution < 1.29 is 35.1 Å². The van der Waals surface area contributed by atoms with Crippen molar-refractivity contribution in [1.29, 1.82) is 0 Å². The van der Waals surface area contributed by atoms with Gasteiger partial charge in [0.05, 0.1) is 6.10 Å². The summed E-state index contributed by atoms with van der Waals surface area (Å²) in [5.41, 5.74) is 0. The first-order valence-electron chi connectivity index (χ1n) is 5.03. The molecule has 0 aromatic heterocycles. The van der Waals surface area contributed by atoms with Crippen LogP contribution in [0.4, 0.5) is 0 Å². The van der Waals surface area contributed by atoms with E-state index in [4.69, 9.17) is 10.2 Å². The molecule has 0 spiro atoms. The Labute approximate surface area is 97.5 Å². The Balaban J connectivity index is 4.24. The normalized spacial score (nSPS) is 17.9. The van der Waals surface area contributed by atoms with E-state index in [9.17, 15) is 24.9 Å². The van der Waals surface area contributed by atoms with E-state index in [2.05, 4.69) is 5.32 Å². The van der Waals surface area contributed by atoms with Gasteiger partial charge in [-0.25, -0.2) is 4.79 Å². The van der Waals surface area contributed by atoms with Crippen molar-refractivity contribution in [1.82, 2.24) is 5.32 Å². The molecule has 0 bridgehead atoms. The molecule has 100 valence electrons. The lowest BCUT2D eigenvalue weighted by molar-refractivity contribution is -0.162. The Kier molecular flexibility index (Phi) is 6.66. The lowest BCUT2D eigenvalue weighted by Crippen LogP contribution is -2.50. The second-order valence-corrected chi connectivity index (χ2v) is 3.49. The number of aliphatic carboxylic acids is 1. The van der Waals surface area contributed by atoms with Crippen LogP contribution in [0, 0.1) is 0 Å². The molecule has 0 rings (SSSR count). The number of aliphatic hydroxyl groups is 4. The van der Waals surface area contributed by atoms with E-state index < -0.39 is 30.4 Å². The van der Waals surface area contributed by atoms with Crippen molar-refractivity contribution in [2.45, 2.75) is 37.8 Å². The minimum absolute atomic E-state index is 0.184. The highest BCUT2D eigenvalue weighted by atomic mass is 16.4. The van der Waals surface area contributed by atoms with E-state index in [0.717, 1.165) is 0 Å². The minimum Gasteiger partial charge on any atom is -0.479 e. The van der Waals surface area contributed by atoms with Crippen LogP contribution in [0.1, 0.15) is 13.3 Å². The van der Waals surface area contributed by atoms with E-state index in [1.54, 1.807) is 6.92 Å². The summed E-state index contributed by atoms with van der Waals surface area (Å²) in [7, 11) is 0. The van der Waals surface area contributed by atoms with Gasteiger partial charge in [-0.15, -0.1) is 0 Å². The summed E-state index contributed by atoms with van der Waals surface area (Å²) < 4.78 is 0. The van der Waals surface area contributed by atoms with Crippen LogP contribution < -0.4 is 5.32 Å². The summed E-state index contributed by atoms with van der Waals surface area (Å²) in [6, 6.07) is 0. The van der Waals surface area contributed by atoms with Gasteiger partial charge in [-0.3, -0.25) is 4.79 Å². The molecule has 0 aliphatic heterocycles. The van der Waals surface area contributed by atoms with E-state index in [-0.39, 0.29) is 18.9 Å². The van der Waals surface area contributed by atoms with Crippen LogP contribution in [0.25, 0.3) is 0 Å². The van der Waals surface area contributed by atoms with E-state index >= 15 is 0 Å². The van der Waals surface area contributed by atoms with Crippen LogP contribution in [0.2, 0.25) is 0 Å². The smallest absolute Gasteiger partial charge is 0.335 e. The fourth-order valence-corrected chi connectivity index (χ4v) is 1.02. The molecule has 0 aliphatic rings. The van der Waals surface area contributed by atoms with Gasteiger partial charge < -0.3 is 30.8 Å². The third-order valence-corrected chi connectivity index (χ3v) is 2.15. The molecular weight excluding hydrogens is 234 g/mol. The highest BCUT2D eigenvalue weighted by Gasteiger charge is 2.34. The topological polar surface area (TPSA) is 147 Å². The largest absolute Gasteiger partial charge is 0.479 e. The number of nitrogens with one attached hydrogen (secondary N) is 1. The Hall–Kier alpha value is -1.22. The molecule has 4 atom stereocenters. The maximum absolute atomic E-state index is 10.8. The van der Waals surface area contributed by atoms with E-state index in [0.29, 0.717) is 0 Å². The maximum atomic E-state index is 10.8. The summed E-state index contributed by atoms with van der Waals surface area (Å²) in [5, 5.41) is 47.4. The van der Waals surface area contributed by atoms with Crippen LogP contribution in [-0.4, -0.2) is 68.4 Å². The number of hydrogen-bond acceptors (Lipinski definition) is 6. The second-order valence-electron chi connectivity index (χ2n) is 3.49. The Bertz CT molecular complexity index is 270. The van der Waals surface area contributed by atoms with Gasteiger partial charge in [-0.1, -0.05) is 6.92 Å². The van der Waals surface area contributed by atoms with Crippen molar-refractivity contribution >= 4 is 11.9 Å². The summed E-state index contributed by atoms with van der Waals surface area (Å²) in [5.74, 6) is -2.09. The number of carbonyl (C=O) groups is 2. The van der Waals surface area contributed by atoms with Gasteiger partial charge in [0.15, 0.2) is 6.10 Å². The van der Waals surface area contributed by atoms with Crippen molar-refractivity contribution in [3.8, 4) is 0 Å². The number of carboxylic acid groups (broad SMARTS) is 1. The molecule has 8 nitrogen and oxygen atoms in total. The second kappa shape index (κ2) is 7.17. The number of amides is 1. The molecule has 17 heavy (non-hydrogen) atoms. The predicted octanol–water partition coefficient (Wildman–Crippen LogP) is -2.96. The molecule has 6 N–H and O–H groups in total. The third-order valence-electron chi connectivity index (χ3n) is 2.15. The fourth-order valence-electron chi connectivity index (χ4n) is 1.02. The lowest BCUT2D eigenvalue weighted by atomic mass is 10.0. The molecule has 1 amide bonds. The quantitative estimate of drug-likeness (QED) is 0.283. The zero-order chi connectivity index (χ0) is 13.6. The Morgan fingerprint density at radius 2 is 1.65 bits per heavy atom. The Morgan fingerprint density at radius 3 is 2.06 bits per heavy atom. The zero-order valence-electron chi connectivity index (χ0n) is 9.28. The molecule has 0 aromatic carbocycles. The highest BCUT2D eigenvalue weighted by molar-refractivity contribution is 5.75. The fraction of sp³-hybridized carbons (Fsp3) is 0.778. The molecule has 0 fully saturated rings. The zero-order valence-corrected chi connectivity index (χ0v) is 9.28. The molecule has 0 heterocycles. The van der Waals surface area contributed by atoms with Gasteiger partial charge in [0, 0.05) is 13.0 Å². The van der Waals surface area contributed by atoms with Crippen molar-refractivity contribution in [2.75, 3.05) is 6.54 Å². The number of carboxylic acids is 1. The third kappa shape index (κ3) is 5.09. The molecule has 0 aromatic rings. The van der Waals surface area contributed by atoms with Gasteiger partial charge in [-0.2, -0.15) is 0 Å². The summed E-state index contributed by atoms with van der Waals surface area (Å²) >= 11 is 0. The number of aliphatic hydroxyl groups excluding tert-OH is 4. The van der Waals surface area contributed by atoms with Crippen LogP contribution >= 0.6 is 0 Å². The van der Waals surface area contributed by atoms with Gasteiger partial charge in [0.2, 0.25) is 5.91 Å². The predicted molar refractivity (Wildman–Crippen MR) is 55.0 cm³/mol. The van der Waals surface area contributed by atoms with Gasteiger partial charge in [0.25, 0.3) is 0 Å². The summed E-state index contributed by atoms with van der Waals surface area (Å²) in [6.07, 6.45) is -7.52. The first kappa shape index (κ1) is 15.8. The van der Waals surface area contributed by atoms with Gasteiger partial charge in [-0.05, 0) is 0 Å². The molecular formula is C9H17NO7. The molecule has 8 heteroatoms. The molecule has 0 saturated heterocycles. The van der Waals surface area contributed by atoms with Crippen LogP contribution in [0.3, 0.4) is 0 Å². The maximum Gasteiger partial charge on any atom is 0.335 e. The van der Waals surface area contributed by atoms with Crippen molar-refractivity contribution in [3.63, 3.8) is 0 Å². The molecule has 4 unspecified atom stereocenters. The number of carbonyl (C=O) groups excluding carboxylic acids is 1. The van der Waals surface area contributed by atoms with Gasteiger partial charge in [0.1, 0.15) is 12.2 Å². The van der Waals surface area contributed by atoms with E-state index in [1.165, 1.54) is 0 Å². The SMILES string of the molecule is CCC(=O)NCC(O)C(O)C(O)C(O)C(=O)O. The molecule has 0 saturated carbocycles. The summed E-state index contributed by atoms with van der Waals surface area (Å²) in [4.78, 5) is 21.1. The number of hydrogen-bond donors (Lipinski definition) is 6. The summed E-state index contributed by atoms with van der Waals surface area (Å²) in [6.45, 7) is 1.23. The van der Waals surface area contributed by atoms with Crippen molar-refractivity contribution in [2.24, 2.45) is 0 Å². The minimum atomic E-state index is -2.21. The highest BCUT2D eigenvalue weighted by Crippen LogP contribution is 2.05. The number of rotatable bonds is 7. The van der Waals surface area contributed by atoms with Gasteiger partial charge >= 0.3 is 5.97 Å². The van der Waals surface area contributed by atoms with Crippen LogP contribution in [0.15, 0.2) is 0 Å². The lowest BCUT2D eigenvalue weighted by Gasteiger charge is -2.24. The first-order valence-corrected chi connectivity index (χ1v) is 5.03. The average Bonchev–Trinajstić information content (AvgIpc) is 2.32. The Morgan fingerprint density at radius 1 is 1.12 bits per heavy atom. The van der Waals surface area contributed by atoms with Crippen molar-refractivity contribution in [3.05, 3.63) is 0 Å². The first-order chi connectivity index (χ1) is 7.81. The average molecular weight is 251 g/mol. The van der Waals surface area contributed by atoms with E-state index in [1.807, 2.05) is 0 Å². The van der Waals surface area contributed by atoms with Crippen LogP contribution in [-0.2, 0) is 9.59 Å². The van der Waals surface area contributed by atoms with Crippen LogP contribution in [0.5, 0.6) is 0 Å². The standard InChI is InChI=1S/C9H17NO7/c1-2-5(12)10-3-4(11)6(13)7(14)8(15)9(16)17/h4,6-8,11,13-15H,2-3H2,1H3,(H,10,12)(H,16,17). The molecule has 0 radical (unpaired) electrons.